The van der Waals surface area contributed by atoms with Gasteiger partial charge in [-0.05, 0) is 90.9 Å². The van der Waals surface area contributed by atoms with E-state index in [1.807, 2.05) is 44.1 Å². The Hall–Kier alpha value is -5.07. The lowest BCUT2D eigenvalue weighted by atomic mass is 9.73. The zero-order valence-corrected chi connectivity index (χ0v) is 39.3. The number of aliphatic hydroxyl groups is 1. The van der Waals surface area contributed by atoms with Crippen molar-refractivity contribution in [2.75, 3.05) is 20.6 Å². The number of hydrogen-bond acceptors (Lipinski definition) is 16. The predicted octanol–water partition coefficient (Wildman–Crippen LogP) is 4.59. The maximum Gasteiger partial charge on any atom is 0.408 e. The van der Waals surface area contributed by atoms with Crippen molar-refractivity contribution in [2.24, 2.45) is 29.4 Å². The van der Waals surface area contributed by atoms with Crippen LogP contribution in [0.25, 0.3) is 6.08 Å². The van der Waals surface area contributed by atoms with Gasteiger partial charge in [0.2, 0.25) is 0 Å². The molecule has 0 saturated carbocycles. The van der Waals surface area contributed by atoms with Gasteiger partial charge in [0.15, 0.2) is 11.9 Å². The molecule has 17 heteroatoms. The summed E-state index contributed by atoms with van der Waals surface area (Å²) in [7, 11) is 3.65. The number of likely N-dealkylation sites (N-methyl/N-ethyl adjacent to an activating group) is 1. The Morgan fingerprint density at radius 1 is 1.05 bits per heavy atom. The van der Waals surface area contributed by atoms with Gasteiger partial charge in [0, 0.05) is 48.9 Å². The van der Waals surface area contributed by atoms with Crippen LogP contribution in [0.15, 0.2) is 67.2 Å². The summed E-state index contributed by atoms with van der Waals surface area (Å²) in [6.45, 7) is 13.4. The van der Waals surface area contributed by atoms with Crippen LogP contribution in [0, 0.1) is 23.7 Å². The van der Waals surface area contributed by atoms with Gasteiger partial charge in [0.05, 0.1) is 30.2 Å². The van der Waals surface area contributed by atoms with Gasteiger partial charge in [0.1, 0.15) is 35.8 Å². The number of aromatic nitrogens is 2. The summed E-state index contributed by atoms with van der Waals surface area (Å²) in [5.74, 6) is -6.07. The number of carbonyl (C=O) groups excluding carboxylic acids is 5. The molecule has 4 rings (SSSR count). The van der Waals surface area contributed by atoms with E-state index in [1.54, 1.807) is 83.4 Å². The summed E-state index contributed by atoms with van der Waals surface area (Å²) >= 11 is 0. The molecule has 358 valence electrons. The number of ketones is 1. The van der Waals surface area contributed by atoms with Gasteiger partial charge in [0.25, 0.3) is 6.47 Å². The zero-order chi connectivity index (χ0) is 48.1. The van der Waals surface area contributed by atoms with E-state index in [1.165, 1.54) is 20.0 Å². The van der Waals surface area contributed by atoms with Crippen LogP contribution in [0.3, 0.4) is 0 Å². The average molecular weight is 908 g/mol. The molecule has 2 fully saturated rings. The molecule has 2 saturated heterocycles. The molecule has 4 heterocycles. The standard InChI is InChI=1S/C48H69N5O12/c1-11-37-48(8,60-28-54)42(49)31(4)39(56)29(2)26-47(7,65-46(59)52-23-15-12-13-19-35-20-14-16-22-51-35)43(64-45-40(57)36(53(9)10)24-30(3)61-45)32(5)41(33(6)44(58)62-37)63-38(55)25-34-18-17-21-50-27-34/h12-22,27-33,36-37,40-43,45,57H,11,23-26,49H2,1-10H3,(H,52,59)/b15-12+,19-13+/t29-,30-,31+,32+,33-,36+,37-,40-,41+,42-,43-,45+,47-,48-/m1/s1. The number of alkyl carbamates (subject to hydrolysis) is 1. The third-order valence-corrected chi connectivity index (χ3v) is 12.7. The van der Waals surface area contributed by atoms with E-state index >= 15 is 0 Å². The van der Waals surface area contributed by atoms with Gasteiger partial charge in [-0.25, -0.2) is 4.79 Å². The number of hydrogen-bond donors (Lipinski definition) is 3. The van der Waals surface area contributed by atoms with Crippen LogP contribution in [-0.2, 0) is 54.0 Å². The van der Waals surface area contributed by atoms with Crippen LogP contribution in [0.4, 0.5) is 4.79 Å². The van der Waals surface area contributed by atoms with Crippen molar-refractivity contribution in [1.29, 1.82) is 0 Å². The molecule has 0 aromatic carbocycles. The first-order valence-corrected chi connectivity index (χ1v) is 22.3. The number of pyridine rings is 2. The first kappa shape index (κ1) is 52.6. The fraction of sp³-hybridized carbons (Fsp3) is 0.604. The van der Waals surface area contributed by atoms with Gasteiger partial charge in [-0.15, -0.1) is 0 Å². The van der Waals surface area contributed by atoms with Gasteiger partial charge < -0.3 is 49.5 Å². The first-order valence-electron chi connectivity index (χ1n) is 22.3. The van der Waals surface area contributed by atoms with E-state index in [9.17, 15) is 29.1 Å². The normalized spacial score (nSPS) is 34.1. The molecule has 4 N–H and O–H groups in total. The van der Waals surface area contributed by atoms with Crippen molar-refractivity contribution in [3.63, 3.8) is 0 Å². The second kappa shape index (κ2) is 23.9. The Morgan fingerprint density at radius 2 is 1.78 bits per heavy atom. The number of carbonyl (C=O) groups is 5. The Labute approximate surface area is 382 Å². The largest absolute Gasteiger partial charge is 0.461 e. The quantitative estimate of drug-likeness (QED) is 0.102. The van der Waals surface area contributed by atoms with E-state index in [0.717, 1.165) is 5.69 Å². The van der Waals surface area contributed by atoms with Crippen molar-refractivity contribution in [2.45, 2.75) is 141 Å². The number of ether oxygens (including phenoxy) is 6. The van der Waals surface area contributed by atoms with Crippen LogP contribution < -0.4 is 11.1 Å². The lowest BCUT2D eigenvalue weighted by Crippen LogP contribution is -2.63. The summed E-state index contributed by atoms with van der Waals surface area (Å²) in [5, 5.41) is 14.5. The van der Waals surface area contributed by atoms with Crippen LogP contribution in [-0.4, -0.2) is 131 Å². The Bertz CT molecular complexity index is 1940. The highest BCUT2D eigenvalue weighted by molar-refractivity contribution is 5.84. The monoisotopic (exact) mass is 907 g/mol. The predicted molar refractivity (Wildman–Crippen MR) is 240 cm³/mol. The van der Waals surface area contributed by atoms with Crippen LogP contribution in [0.1, 0.15) is 85.9 Å². The van der Waals surface area contributed by atoms with Crippen molar-refractivity contribution >= 4 is 36.4 Å². The molecule has 17 nitrogen and oxygen atoms in total. The topological polar surface area (TPSA) is 228 Å². The first-order chi connectivity index (χ1) is 30.8. The second-order valence-corrected chi connectivity index (χ2v) is 17.9. The van der Waals surface area contributed by atoms with Gasteiger partial charge in [-0.2, -0.15) is 0 Å². The zero-order valence-electron chi connectivity index (χ0n) is 39.3. The smallest absolute Gasteiger partial charge is 0.408 e. The molecule has 2 aliphatic rings. The number of nitrogens with two attached hydrogens (primary N) is 1. The number of cyclic esters (lactones) is 1. The van der Waals surface area contributed by atoms with Crippen molar-refractivity contribution < 1.29 is 57.5 Å². The van der Waals surface area contributed by atoms with Crippen molar-refractivity contribution in [3.8, 4) is 0 Å². The molecule has 0 radical (unpaired) electrons. The van der Waals surface area contributed by atoms with Crippen molar-refractivity contribution in [3.05, 3.63) is 78.4 Å². The van der Waals surface area contributed by atoms with Gasteiger partial charge in [-0.1, -0.05) is 58.1 Å². The summed E-state index contributed by atoms with van der Waals surface area (Å²) in [4.78, 5) is 79.2. The third kappa shape index (κ3) is 13.7. The molecule has 0 bridgehead atoms. The maximum atomic E-state index is 14.6. The number of nitrogens with one attached hydrogen (secondary N) is 1. The number of rotatable bonds is 14. The molecule has 0 unspecified atom stereocenters. The number of esters is 2. The minimum absolute atomic E-state index is 0.0424. The molecule has 2 aromatic rings. The Morgan fingerprint density at radius 3 is 2.42 bits per heavy atom. The number of aliphatic hydroxyl groups excluding tert-OH is 1. The summed E-state index contributed by atoms with van der Waals surface area (Å²) < 4.78 is 37.5. The minimum Gasteiger partial charge on any atom is -0.461 e. The summed E-state index contributed by atoms with van der Waals surface area (Å²) in [6.07, 6.45) is 4.38. The van der Waals surface area contributed by atoms with Crippen LogP contribution in [0.2, 0.25) is 0 Å². The third-order valence-electron chi connectivity index (χ3n) is 12.7. The number of nitrogens with zero attached hydrogens (tertiary/aromatic N) is 3. The van der Waals surface area contributed by atoms with E-state index in [4.69, 9.17) is 34.2 Å². The number of Topliss-reactive ketones (excluding diaryl/α,β-unsaturated/α-hetero) is 1. The fourth-order valence-corrected chi connectivity index (χ4v) is 9.00. The lowest BCUT2D eigenvalue weighted by Gasteiger charge is -2.48. The average Bonchev–Trinajstić information content (AvgIpc) is 3.27. The minimum atomic E-state index is -1.78. The summed E-state index contributed by atoms with van der Waals surface area (Å²) in [6, 6.07) is 7.32. The molecule has 2 aliphatic heterocycles. The number of amides is 1. The highest BCUT2D eigenvalue weighted by atomic mass is 16.7. The van der Waals surface area contributed by atoms with E-state index in [2.05, 4.69) is 15.3 Å². The molecule has 65 heavy (non-hydrogen) atoms. The lowest BCUT2D eigenvalue weighted by molar-refractivity contribution is -0.298. The molecule has 2 aromatic heterocycles. The summed E-state index contributed by atoms with van der Waals surface area (Å²) in [5.41, 5.74) is 4.65. The fourth-order valence-electron chi connectivity index (χ4n) is 9.00. The molecular weight excluding hydrogens is 839 g/mol. The van der Waals surface area contributed by atoms with Gasteiger partial charge >= 0.3 is 18.0 Å². The van der Waals surface area contributed by atoms with Gasteiger partial charge in [-0.3, -0.25) is 29.1 Å². The van der Waals surface area contributed by atoms with E-state index in [-0.39, 0.29) is 38.1 Å². The molecule has 1 amide bonds. The Balaban J connectivity index is 1.87. The number of allylic oxidation sites excluding steroid dienone is 2. The molecular formula is C48H69N5O12. The highest BCUT2D eigenvalue weighted by Crippen LogP contribution is 2.40. The van der Waals surface area contributed by atoms with Crippen LogP contribution in [0.5, 0.6) is 0 Å². The molecule has 0 spiro atoms. The molecule has 14 atom stereocenters. The van der Waals surface area contributed by atoms with Crippen molar-refractivity contribution in [1.82, 2.24) is 20.2 Å². The van der Waals surface area contributed by atoms with E-state index in [0.29, 0.717) is 12.0 Å². The maximum absolute atomic E-state index is 14.6. The van der Waals surface area contributed by atoms with Crippen LogP contribution >= 0.6 is 0 Å². The SMILES string of the molecule is CC[C@H]1OC(=O)[C@H](C)[C@@H](OC(=O)Cc2cccnc2)[C@H](C)[C@@H](O[C@@H]2O[C@H](C)C[C@H](N(C)C)[C@H]2O)[C@](C)(OC(=O)NC/C=C/C=C/c2ccccn2)C[C@@H](C)C(=O)[C@H](C)[C@@H](N)[C@]1(C)OC=O. The highest BCUT2D eigenvalue weighted by Gasteiger charge is 2.54. The van der Waals surface area contributed by atoms with E-state index < -0.39 is 102 Å². The molecule has 0 aliphatic carbocycles. The second-order valence-electron chi connectivity index (χ2n) is 17.9. The Kier molecular flexibility index (Phi) is 19.3.